The van der Waals surface area contributed by atoms with Crippen molar-refractivity contribution >= 4 is 65.0 Å². The first-order chi connectivity index (χ1) is 33.2. The molecule has 0 bridgehead atoms. The molecular formula is C46H70N8O16. The van der Waals surface area contributed by atoms with Crippen LogP contribution in [0.1, 0.15) is 78.7 Å². The summed E-state index contributed by atoms with van der Waals surface area (Å²) in [5, 5.41) is 24.9. The van der Waals surface area contributed by atoms with Crippen LogP contribution in [0.15, 0.2) is 36.4 Å². The number of esters is 1. The lowest BCUT2D eigenvalue weighted by Gasteiger charge is -2.27. The SMILES string of the molecule is CC(C)[C@H](NC(=O)[C@H](CCC(=O)O)NC(=O)CCOCCOCCOCCOCCNC(=O)CCN1C(=O)C=CC1=O)C(=O)N[C@@H](CCCNC(N)=O)C(=O)Nc1ccc(COC(=O)C(C)(C)C)cc1. The van der Waals surface area contributed by atoms with E-state index in [1.54, 1.807) is 58.9 Å². The maximum Gasteiger partial charge on any atom is 0.312 e. The molecule has 3 atom stereocenters. The quantitative estimate of drug-likeness (QED) is 0.0253. The third-order valence-corrected chi connectivity index (χ3v) is 9.97. The van der Waals surface area contributed by atoms with Crippen molar-refractivity contribution < 1.29 is 76.7 Å². The number of anilines is 1. The maximum absolute atomic E-state index is 13.7. The molecule has 390 valence electrons. The Bertz CT molecular complexity index is 1920. The molecule has 9 amide bonds. The van der Waals surface area contributed by atoms with Gasteiger partial charge in [0.25, 0.3) is 11.8 Å². The number of amides is 9. The van der Waals surface area contributed by atoms with Gasteiger partial charge in [-0.25, -0.2) is 4.79 Å². The van der Waals surface area contributed by atoms with Crippen LogP contribution in [0.3, 0.4) is 0 Å². The van der Waals surface area contributed by atoms with Gasteiger partial charge in [0, 0.05) is 56.7 Å². The Morgan fingerprint density at radius 2 is 1.23 bits per heavy atom. The van der Waals surface area contributed by atoms with Gasteiger partial charge in [-0.05, 0) is 63.6 Å². The summed E-state index contributed by atoms with van der Waals surface area (Å²) < 4.78 is 27.1. The fourth-order valence-corrected chi connectivity index (χ4v) is 6.06. The number of hydrogen-bond donors (Lipinski definition) is 8. The number of carbonyl (C=O) groups is 10. The molecule has 2 rings (SSSR count). The summed E-state index contributed by atoms with van der Waals surface area (Å²) in [5.74, 6) is -6.10. The highest BCUT2D eigenvalue weighted by atomic mass is 16.6. The van der Waals surface area contributed by atoms with E-state index in [0.717, 1.165) is 17.1 Å². The van der Waals surface area contributed by atoms with Crippen LogP contribution in [0.25, 0.3) is 0 Å². The number of urea groups is 1. The predicted molar refractivity (Wildman–Crippen MR) is 250 cm³/mol. The van der Waals surface area contributed by atoms with E-state index in [1.807, 2.05) is 0 Å². The third-order valence-electron chi connectivity index (χ3n) is 9.97. The van der Waals surface area contributed by atoms with Crippen LogP contribution in [0.5, 0.6) is 0 Å². The molecule has 0 saturated heterocycles. The molecule has 0 radical (unpaired) electrons. The number of hydrogen-bond acceptors (Lipinski definition) is 15. The second-order valence-electron chi connectivity index (χ2n) is 17.3. The zero-order valence-electron chi connectivity index (χ0n) is 40.6. The smallest absolute Gasteiger partial charge is 0.312 e. The largest absolute Gasteiger partial charge is 0.481 e. The van der Waals surface area contributed by atoms with E-state index in [0.29, 0.717) is 11.3 Å². The number of benzene rings is 1. The number of ether oxygens (including phenoxy) is 5. The minimum Gasteiger partial charge on any atom is -0.481 e. The molecule has 1 aliphatic rings. The fraction of sp³-hybridized carbons (Fsp3) is 0.609. The van der Waals surface area contributed by atoms with Crippen molar-refractivity contribution in [1.82, 2.24) is 31.5 Å². The molecule has 0 saturated carbocycles. The van der Waals surface area contributed by atoms with Crippen LogP contribution in [0, 0.1) is 11.3 Å². The summed E-state index contributed by atoms with van der Waals surface area (Å²) >= 11 is 0. The van der Waals surface area contributed by atoms with Crippen molar-refractivity contribution in [3.05, 3.63) is 42.0 Å². The Labute approximate surface area is 407 Å². The Morgan fingerprint density at radius 1 is 0.657 bits per heavy atom. The fourth-order valence-electron chi connectivity index (χ4n) is 6.06. The van der Waals surface area contributed by atoms with Gasteiger partial charge in [0.1, 0.15) is 24.7 Å². The maximum atomic E-state index is 13.7. The van der Waals surface area contributed by atoms with Crippen molar-refractivity contribution in [2.75, 3.05) is 77.8 Å². The third kappa shape index (κ3) is 25.2. The van der Waals surface area contributed by atoms with Gasteiger partial charge in [0.05, 0.1) is 58.3 Å². The van der Waals surface area contributed by atoms with Crippen LogP contribution in [-0.2, 0) is 73.4 Å². The molecule has 0 aromatic heterocycles. The molecule has 0 fully saturated rings. The lowest BCUT2D eigenvalue weighted by molar-refractivity contribution is -0.154. The second kappa shape index (κ2) is 32.3. The number of nitrogens with two attached hydrogens (primary N) is 1. The molecule has 1 aromatic carbocycles. The van der Waals surface area contributed by atoms with E-state index in [4.69, 9.17) is 29.4 Å². The van der Waals surface area contributed by atoms with Gasteiger partial charge in [-0.1, -0.05) is 26.0 Å². The molecule has 9 N–H and O–H groups in total. The molecule has 1 aliphatic heterocycles. The summed E-state index contributed by atoms with van der Waals surface area (Å²) in [4.78, 5) is 124. The number of imide groups is 1. The molecule has 0 spiro atoms. The lowest BCUT2D eigenvalue weighted by atomic mass is 9.97. The number of primary amides is 1. The van der Waals surface area contributed by atoms with E-state index in [2.05, 4.69) is 31.9 Å². The average Bonchev–Trinajstić information content (AvgIpc) is 3.62. The van der Waals surface area contributed by atoms with Crippen molar-refractivity contribution in [2.45, 2.75) is 97.9 Å². The standard InChI is InChI=1S/C46H70N8O16/c1-30(2)40(43(63)52-33(7-6-18-49-45(47)65)41(61)50-32-10-8-31(9-11-32)29-70-44(64)46(3,4)5)53-42(62)34(12-15-39(59)60)51-36(56)17-21-66-23-25-68-27-28-69-26-24-67-22-19-48-35(55)16-20-54-37(57)13-14-38(54)58/h8-11,13-14,30,33-34,40H,6-7,12,15-29H2,1-5H3,(H,48,55)(H,50,61)(H,51,56)(H,52,63)(H,53,62)(H,59,60)(H3,47,49,65)/t33-,34-,40-/m0/s1. The molecule has 0 unspecified atom stereocenters. The predicted octanol–water partition coefficient (Wildman–Crippen LogP) is 0.0259. The van der Waals surface area contributed by atoms with E-state index in [-0.39, 0.29) is 123 Å². The van der Waals surface area contributed by atoms with Crippen molar-refractivity contribution in [1.29, 1.82) is 0 Å². The van der Waals surface area contributed by atoms with Crippen LogP contribution in [0.4, 0.5) is 10.5 Å². The number of rotatable bonds is 35. The number of nitrogens with zero attached hydrogens (tertiary/aromatic N) is 1. The number of carboxylic acid groups (broad SMARTS) is 1. The molecule has 1 aromatic rings. The van der Waals surface area contributed by atoms with E-state index in [1.165, 1.54) is 0 Å². The van der Waals surface area contributed by atoms with E-state index >= 15 is 0 Å². The molecular weight excluding hydrogens is 921 g/mol. The summed E-state index contributed by atoms with van der Waals surface area (Å²) in [5.41, 5.74) is 5.54. The number of nitrogens with one attached hydrogen (secondary N) is 6. The van der Waals surface area contributed by atoms with Crippen molar-refractivity contribution in [3.63, 3.8) is 0 Å². The lowest BCUT2D eigenvalue weighted by Crippen LogP contribution is -2.58. The van der Waals surface area contributed by atoms with Gasteiger partial charge in [-0.3, -0.25) is 48.1 Å². The first kappa shape index (κ1) is 59.6. The number of carboxylic acids is 1. The van der Waals surface area contributed by atoms with Gasteiger partial charge >= 0.3 is 18.0 Å². The first-order valence-electron chi connectivity index (χ1n) is 23.0. The zero-order valence-corrected chi connectivity index (χ0v) is 40.6. The highest BCUT2D eigenvalue weighted by molar-refractivity contribution is 6.13. The Balaban J connectivity index is 1.78. The molecule has 0 aliphatic carbocycles. The normalized spacial score (nSPS) is 13.5. The van der Waals surface area contributed by atoms with Gasteiger partial charge in [-0.2, -0.15) is 0 Å². The summed E-state index contributed by atoms with van der Waals surface area (Å²) in [7, 11) is 0. The minimum absolute atomic E-state index is 0.00142. The number of carbonyl (C=O) groups excluding carboxylic acids is 9. The average molecular weight is 991 g/mol. The Kier molecular flexibility index (Phi) is 27.5. The second-order valence-corrected chi connectivity index (χ2v) is 17.3. The Hall–Kier alpha value is -6.50. The molecule has 24 heteroatoms. The van der Waals surface area contributed by atoms with Crippen LogP contribution >= 0.6 is 0 Å². The topological polar surface area (TPSA) is 339 Å². The van der Waals surface area contributed by atoms with E-state index in [9.17, 15) is 53.1 Å². The van der Waals surface area contributed by atoms with Gasteiger partial charge in [-0.15, -0.1) is 0 Å². The van der Waals surface area contributed by atoms with Crippen LogP contribution < -0.4 is 37.6 Å². The van der Waals surface area contributed by atoms with Crippen LogP contribution in [0.2, 0.25) is 0 Å². The first-order valence-corrected chi connectivity index (χ1v) is 23.0. The summed E-state index contributed by atoms with van der Waals surface area (Å²) in [6, 6.07) is 2.05. The zero-order chi connectivity index (χ0) is 52.1. The van der Waals surface area contributed by atoms with Crippen molar-refractivity contribution in [3.8, 4) is 0 Å². The molecule has 1 heterocycles. The van der Waals surface area contributed by atoms with Gasteiger partial charge in [0.2, 0.25) is 29.5 Å². The van der Waals surface area contributed by atoms with Crippen LogP contribution in [-0.4, -0.2) is 160 Å². The van der Waals surface area contributed by atoms with Crippen molar-refractivity contribution in [2.24, 2.45) is 17.1 Å². The monoisotopic (exact) mass is 990 g/mol. The summed E-state index contributed by atoms with van der Waals surface area (Å²) in [6.45, 7) is 10.5. The van der Waals surface area contributed by atoms with Gasteiger partial charge in [0.15, 0.2) is 0 Å². The molecule has 24 nitrogen and oxygen atoms in total. The van der Waals surface area contributed by atoms with Gasteiger partial charge < -0.3 is 66.4 Å². The minimum atomic E-state index is -1.33. The Morgan fingerprint density at radius 3 is 1.79 bits per heavy atom. The van der Waals surface area contributed by atoms with E-state index < -0.39 is 83.3 Å². The highest BCUT2D eigenvalue weighted by Crippen LogP contribution is 2.18. The highest BCUT2D eigenvalue weighted by Gasteiger charge is 2.32. The number of aliphatic carboxylic acids is 1. The molecule has 70 heavy (non-hydrogen) atoms. The summed E-state index contributed by atoms with van der Waals surface area (Å²) in [6.07, 6.45) is 1.65.